The summed E-state index contributed by atoms with van der Waals surface area (Å²) < 4.78 is 6.09. The molecule has 6 heteroatoms. The molecule has 1 aromatic carbocycles. The Morgan fingerprint density at radius 2 is 2.35 bits per heavy atom. The Balaban J connectivity index is 2.05. The van der Waals surface area contributed by atoms with Crippen molar-refractivity contribution in [3.63, 3.8) is 0 Å². The van der Waals surface area contributed by atoms with Crippen LogP contribution in [-0.4, -0.2) is 35.1 Å². The van der Waals surface area contributed by atoms with Gasteiger partial charge in [-0.1, -0.05) is 12.1 Å². The van der Waals surface area contributed by atoms with Crippen LogP contribution in [0.1, 0.15) is 19.4 Å². The summed E-state index contributed by atoms with van der Waals surface area (Å²) >= 11 is 2.26. The number of aliphatic hydroxyl groups excluding tert-OH is 1. The topological polar surface area (TPSA) is 59.0 Å². The normalized spacial score (nSPS) is 28.3. The monoisotopic (exact) mass is 391 g/mol. The molecule has 0 aromatic heterocycles. The molecule has 0 amide bonds. The number of aliphatic hydroxyl groups is 1. The first kappa shape index (κ1) is 15.7. The summed E-state index contributed by atoms with van der Waals surface area (Å²) in [6, 6.07) is 8.06. The Hall–Kier alpha value is -0.700. The first-order valence-corrected chi connectivity index (χ1v) is 7.56. The van der Waals surface area contributed by atoms with Crippen molar-refractivity contribution < 1.29 is 19.5 Å². The van der Waals surface area contributed by atoms with Crippen molar-refractivity contribution in [3.8, 4) is 0 Å². The number of halogens is 1. The Morgan fingerprint density at radius 1 is 1.60 bits per heavy atom. The fourth-order valence-electron chi connectivity index (χ4n) is 2.53. The lowest BCUT2D eigenvalue weighted by atomic mass is 9.96. The molecule has 5 nitrogen and oxygen atoms in total. The third-order valence-corrected chi connectivity index (χ3v) is 4.29. The highest BCUT2D eigenvalue weighted by Gasteiger charge is 2.43. The van der Waals surface area contributed by atoms with Crippen molar-refractivity contribution in [1.29, 1.82) is 0 Å². The van der Waals surface area contributed by atoms with E-state index < -0.39 is 12.4 Å². The highest BCUT2D eigenvalue weighted by molar-refractivity contribution is 14.1. The quantitative estimate of drug-likeness (QED) is 0.614. The first-order chi connectivity index (χ1) is 9.52. The zero-order valence-electron chi connectivity index (χ0n) is 11.4. The van der Waals surface area contributed by atoms with E-state index in [1.807, 2.05) is 25.1 Å². The van der Waals surface area contributed by atoms with Crippen LogP contribution in [-0.2, 0) is 20.9 Å². The smallest absolute Gasteiger partial charge is 0.293 e. The molecule has 1 aliphatic rings. The molecule has 2 rings (SSSR count). The maximum absolute atomic E-state index is 10.4. The van der Waals surface area contributed by atoms with Gasteiger partial charge in [0.05, 0.1) is 5.92 Å². The Morgan fingerprint density at radius 3 is 3.00 bits per heavy atom. The van der Waals surface area contributed by atoms with Crippen molar-refractivity contribution in [2.45, 2.75) is 38.8 Å². The van der Waals surface area contributed by atoms with Crippen molar-refractivity contribution in [1.82, 2.24) is 5.06 Å². The maximum atomic E-state index is 10.4. The molecule has 0 radical (unpaired) electrons. The van der Waals surface area contributed by atoms with E-state index in [2.05, 4.69) is 28.7 Å². The van der Waals surface area contributed by atoms with E-state index in [0.29, 0.717) is 13.0 Å². The molecule has 1 N–H and O–H groups in total. The van der Waals surface area contributed by atoms with E-state index in [1.54, 1.807) is 12.0 Å². The van der Waals surface area contributed by atoms with E-state index in [9.17, 15) is 9.90 Å². The van der Waals surface area contributed by atoms with Gasteiger partial charge in [-0.25, -0.2) is 0 Å². The number of carbonyl (C=O) groups excluding carboxylic acids is 1. The van der Waals surface area contributed by atoms with Gasteiger partial charge in [-0.05, 0) is 54.1 Å². The van der Waals surface area contributed by atoms with Gasteiger partial charge in [0.2, 0.25) is 0 Å². The predicted octanol–water partition coefficient (Wildman–Crippen LogP) is 1.92. The van der Waals surface area contributed by atoms with Crippen molar-refractivity contribution >= 4 is 29.1 Å². The number of hydrogen-bond donors (Lipinski definition) is 1. The number of hydroxylamine groups is 2. The molecule has 0 aliphatic carbocycles. The van der Waals surface area contributed by atoms with Crippen LogP contribution < -0.4 is 0 Å². The van der Waals surface area contributed by atoms with Crippen LogP contribution in [0, 0.1) is 9.49 Å². The molecule has 20 heavy (non-hydrogen) atoms. The van der Waals surface area contributed by atoms with E-state index in [-0.39, 0.29) is 12.0 Å². The minimum atomic E-state index is -0.956. The molecule has 0 spiro atoms. The maximum Gasteiger partial charge on any atom is 0.293 e. The van der Waals surface area contributed by atoms with Gasteiger partial charge in [0.1, 0.15) is 6.10 Å². The highest BCUT2D eigenvalue weighted by atomic mass is 127. The van der Waals surface area contributed by atoms with Gasteiger partial charge in [0.15, 0.2) is 6.29 Å². The van der Waals surface area contributed by atoms with Gasteiger partial charge < -0.3 is 9.84 Å². The number of benzene rings is 1. The Labute approximate surface area is 132 Å². The van der Waals surface area contributed by atoms with Crippen LogP contribution in [0.3, 0.4) is 0 Å². The molecule has 0 bridgehead atoms. The summed E-state index contributed by atoms with van der Waals surface area (Å²) in [5, 5.41) is 11.7. The standard InChI is InChI=1S/C14H18INO4/c1-9-13(10(2)19-8-17)14(18)20-16(9)7-11-4-3-5-12(15)6-11/h3-6,8-10,13-14,18H,7H2,1-2H3/t9?,10?,13-,14?/m1/s1. The van der Waals surface area contributed by atoms with E-state index in [0.717, 1.165) is 9.13 Å². The molecule has 4 atom stereocenters. The SMILES string of the molecule is CC(OC=O)[C@@H]1C(O)ON(Cc2cccc(I)c2)C1C. The zero-order valence-corrected chi connectivity index (χ0v) is 13.6. The third-order valence-electron chi connectivity index (χ3n) is 3.62. The molecule has 3 unspecified atom stereocenters. The molecule has 1 heterocycles. The number of ether oxygens (including phenoxy) is 1. The van der Waals surface area contributed by atoms with Gasteiger partial charge in [-0.3, -0.25) is 9.63 Å². The van der Waals surface area contributed by atoms with Crippen molar-refractivity contribution in [3.05, 3.63) is 33.4 Å². The fourth-order valence-corrected chi connectivity index (χ4v) is 3.14. The van der Waals surface area contributed by atoms with E-state index >= 15 is 0 Å². The average Bonchev–Trinajstić information content (AvgIpc) is 2.65. The average molecular weight is 391 g/mol. The number of rotatable bonds is 5. The minimum absolute atomic E-state index is 0.0437. The largest absolute Gasteiger partial charge is 0.464 e. The lowest BCUT2D eigenvalue weighted by Crippen LogP contribution is -2.36. The van der Waals surface area contributed by atoms with Crippen LogP contribution in [0.15, 0.2) is 24.3 Å². The van der Waals surface area contributed by atoms with Crippen LogP contribution in [0.2, 0.25) is 0 Å². The van der Waals surface area contributed by atoms with Crippen molar-refractivity contribution in [2.24, 2.45) is 5.92 Å². The highest BCUT2D eigenvalue weighted by Crippen LogP contribution is 2.31. The third kappa shape index (κ3) is 3.49. The summed E-state index contributed by atoms with van der Waals surface area (Å²) in [6.45, 7) is 4.71. The van der Waals surface area contributed by atoms with Gasteiger partial charge in [0, 0.05) is 16.2 Å². The molecule has 1 fully saturated rings. The van der Waals surface area contributed by atoms with E-state index in [4.69, 9.17) is 9.57 Å². The van der Waals surface area contributed by atoms with Crippen LogP contribution in [0.5, 0.6) is 0 Å². The lowest BCUT2D eigenvalue weighted by molar-refractivity contribution is -0.231. The summed E-state index contributed by atoms with van der Waals surface area (Å²) in [6.07, 6.45) is -1.35. The second-order valence-electron chi connectivity index (χ2n) is 4.96. The Kier molecular flexibility index (Phi) is 5.36. The molecule has 1 aliphatic heterocycles. The summed E-state index contributed by atoms with van der Waals surface area (Å²) in [7, 11) is 0. The second-order valence-corrected chi connectivity index (χ2v) is 6.20. The molecule has 0 saturated carbocycles. The lowest BCUT2D eigenvalue weighted by Gasteiger charge is -2.24. The number of nitrogens with zero attached hydrogens (tertiary/aromatic N) is 1. The Bertz CT molecular complexity index is 470. The molecular formula is C14H18INO4. The van der Waals surface area contributed by atoms with Crippen molar-refractivity contribution in [2.75, 3.05) is 0 Å². The van der Waals surface area contributed by atoms with Crippen LogP contribution in [0.4, 0.5) is 0 Å². The van der Waals surface area contributed by atoms with Crippen LogP contribution in [0.25, 0.3) is 0 Å². The number of hydrogen-bond acceptors (Lipinski definition) is 5. The molecule has 110 valence electrons. The summed E-state index contributed by atoms with van der Waals surface area (Å²) in [4.78, 5) is 15.9. The molecule has 1 aromatic rings. The van der Waals surface area contributed by atoms with Gasteiger partial charge in [-0.2, -0.15) is 5.06 Å². The molecular weight excluding hydrogens is 373 g/mol. The van der Waals surface area contributed by atoms with Crippen LogP contribution >= 0.6 is 22.6 Å². The molecule has 1 saturated heterocycles. The van der Waals surface area contributed by atoms with E-state index in [1.165, 1.54) is 0 Å². The summed E-state index contributed by atoms with van der Waals surface area (Å²) in [5.74, 6) is -0.261. The van der Waals surface area contributed by atoms with Gasteiger partial charge in [-0.15, -0.1) is 0 Å². The minimum Gasteiger partial charge on any atom is -0.464 e. The fraction of sp³-hybridized carbons (Fsp3) is 0.500. The van der Waals surface area contributed by atoms with Gasteiger partial charge in [0.25, 0.3) is 6.47 Å². The summed E-state index contributed by atoms with van der Waals surface area (Å²) in [5.41, 5.74) is 1.11. The number of carbonyl (C=O) groups is 1. The zero-order chi connectivity index (χ0) is 14.7. The van der Waals surface area contributed by atoms with Gasteiger partial charge >= 0.3 is 0 Å². The first-order valence-electron chi connectivity index (χ1n) is 6.48. The predicted molar refractivity (Wildman–Crippen MR) is 81.4 cm³/mol. The second kappa shape index (κ2) is 6.84.